The van der Waals surface area contributed by atoms with Gasteiger partial charge in [0.1, 0.15) is 0 Å². The van der Waals surface area contributed by atoms with Crippen molar-refractivity contribution in [2.75, 3.05) is 5.75 Å². The second-order valence-corrected chi connectivity index (χ2v) is 7.38. The van der Waals surface area contributed by atoms with E-state index in [1.165, 1.54) is 11.8 Å². The molecule has 1 aromatic carbocycles. The molecule has 1 N–H and O–H groups in total. The molecule has 0 aliphatic carbocycles. The third kappa shape index (κ3) is 4.70. The normalized spacial score (nSPS) is 10.8. The number of amides is 1. The quantitative estimate of drug-likeness (QED) is 0.611. The third-order valence-corrected chi connectivity index (χ3v) is 5.40. The molecule has 0 aliphatic rings. The minimum absolute atomic E-state index is 0.00225. The summed E-state index contributed by atoms with van der Waals surface area (Å²) in [6, 6.07) is 14.0. The van der Waals surface area contributed by atoms with E-state index in [2.05, 4.69) is 27.0 Å². The monoisotopic (exact) mass is 372 g/mol. The van der Waals surface area contributed by atoms with Crippen molar-refractivity contribution in [2.45, 2.75) is 31.6 Å². The lowest BCUT2D eigenvalue weighted by atomic mass is 10.2. The highest BCUT2D eigenvalue weighted by atomic mass is 32.2. The van der Waals surface area contributed by atoms with Crippen LogP contribution in [0.4, 0.5) is 0 Å². The molecule has 2 heterocycles. The van der Waals surface area contributed by atoms with Crippen LogP contribution in [0.2, 0.25) is 0 Å². The first-order valence-electron chi connectivity index (χ1n) is 8.18. The molecule has 5 nitrogen and oxygen atoms in total. The van der Waals surface area contributed by atoms with Gasteiger partial charge in [-0.25, -0.2) is 0 Å². The number of hydrogen-bond acceptors (Lipinski definition) is 5. The molecular weight excluding hydrogens is 352 g/mol. The molecule has 0 atom stereocenters. The maximum Gasteiger partial charge on any atom is 0.230 e. The van der Waals surface area contributed by atoms with Gasteiger partial charge in [-0.05, 0) is 23.4 Å². The number of benzene rings is 1. The summed E-state index contributed by atoms with van der Waals surface area (Å²) in [7, 11) is 0. The Labute approximate surface area is 155 Å². The van der Waals surface area contributed by atoms with Gasteiger partial charge >= 0.3 is 0 Å². The fourth-order valence-corrected chi connectivity index (χ4v) is 3.90. The van der Waals surface area contributed by atoms with Gasteiger partial charge in [0, 0.05) is 13.1 Å². The van der Waals surface area contributed by atoms with E-state index in [0.717, 1.165) is 34.4 Å². The number of nitrogens with one attached hydrogen (secondary N) is 1. The largest absolute Gasteiger partial charge is 0.351 e. The van der Waals surface area contributed by atoms with Gasteiger partial charge in [-0.3, -0.25) is 4.79 Å². The maximum atomic E-state index is 12.1. The van der Waals surface area contributed by atoms with Crippen LogP contribution in [0, 0.1) is 0 Å². The van der Waals surface area contributed by atoms with Crippen molar-refractivity contribution >= 4 is 29.0 Å². The van der Waals surface area contributed by atoms with Gasteiger partial charge in [0.2, 0.25) is 5.91 Å². The molecule has 0 saturated heterocycles. The molecule has 0 bridgehead atoms. The highest BCUT2D eigenvalue weighted by Gasteiger charge is 2.15. The summed E-state index contributed by atoms with van der Waals surface area (Å²) in [5.74, 6) is 1.21. The van der Waals surface area contributed by atoms with Crippen molar-refractivity contribution in [3.8, 4) is 10.7 Å². The summed E-state index contributed by atoms with van der Waals surface area (Å²) in [5, 5.41) is 14.4. The van der Waals surface area contributed by atoms with Crippen molar-refractivity contribution in [3.05, 3.63) is 53.4 Å². The lowest BCUT2D eigenvalue weighted by Gasteiger charge is -2.08. The molecule has 0 radical (unpaired) electrons. The SMILES string of the molecule is CCCn1c(SCC(=O)NCc2ccccc2)nnc1-c1cccs1. The molecule has 1 amide bonds. The highest BCUT2D eigenvalue weighted by molar-refractivity contribution is 7.99. The zero-order valence-electron chi connectivity index (χ0n) is 14.0. The summed E-state index contributed by atoms with van der Waals surface area (Å²) in [6.45, 7) is 3.51. The molecule has 0 saturated carbocycles. The van der Waals surface area contributed by atoms with Crippen molar-refractivity contribution < 1.29 is 4.79 Å². The number of carbonyl (C=O) groups excluding carboxylic acids is 1. The fraction of sp³-hybridized carbons (Fsp3) is 0.278. The third-order valence-electron chi connectivity index (χ3n) is 3.57. The predicted molar refractivity (Wildman–Crippen MR) is 103 cm³/mol. The van der Waals surface area contributed by atoms with Crippen LogP contribution < -0.4 is 5.32 Å². The van der Waals surface area contributed by atoms with Crippen LogP contribution in [-0.2, 0) is 17.9 Å². The molecule has 0 spiro atoms. The summed E-state index contributed by atoms with van der Waals surface area (Å²) >= 11 is 3.08. The molecule has 3 aromatic rings. The average Bonchev–Trinajstić information content (AvgIpc) is 3.29. The summed E-state index contributed by atoms with van der Waals surface area (Å²) in [4.78, 5) is 13.2. The Kier molecular flexibility index (Phi) is 6.25. The Bertz CT molecular complexity index is 800. The van der Waals surface area contributed by atoms with E-state index < -0.39 is 0 Å². The second kappa shape index (κ2) is 8.82. The number of aromatic nitrogens is 3. The van der Waals surface area contributed by atoms with Gasteiger partial charge in [0.05, 0.1) is 10.6 Å². The lowest BCUT2D eigenvalue weighted by Crippen LogP contribution is -2.24. The van der Waals surface area contributed by atoms with E-state index in [0.29, 0.717) is 12.3 Å². The molecular formula is C18H20N4OS2. The Balaban J connectivity index is 1.60. The minimum atomic E-state index is -0.00225. The zero-order chi connectivity index (χ0) is 17.5. The number of thioether (sulfide) groups is 1. The van der Waals surface area contributed by atoms with E-state index in [-0.39, 0.29) is 5.91 Å². The van der Waals surface area contributed by atoms with Crippen LogP contribution >= 0.6 is 23.1 Å². The van der Waals surface area contributed by atoms with Gasteiger partial charge < -0.3 is 9.88 Å². The smallest absolute Gasteiger partial charge is 0.230 e. The first-order valence-corrected chi connectivity index (χ1v) is 10.0. The topological polar surface area (TPSA) is 59.8 Å². The number of thiophene rings is 1. The van der Waals surface area contributed by atoms with Crippen molar-refractivity contribution in [2.24, 2.45) is 0 Å². The molecule has 2 aromatic heterocycles. The van der Waals surface area contributed by atoms with Crippen molar-refractivity contribution in [3.63, 3.8) is 0 Å². The lowest BCUT2D eigenvalue weighted by molar-refractivity contribution is -0.118. The van der Waals surface area contributed by atoms with E-state index in [4.69, 9.17) is 0 Å². The van der Waals surface area contributed by atoms with Crippen LogP contribution in [0.3, 0.4) is 0 Å². The molecule has 25 heavy (non-hydrogen) atoms. The van der Waals surface area contributed by atoms with Crippen LogP contribution in [0.5, 0.6) is 0 Å². The molecule has 7 heteroatoms. The summed E-state index contributed by atoms with van der Waals surface area (Å²) in [6.07, 6.45) is 0.990. The van der Waals surface area contributed by atoms with E-state index in [9.17, 15) is 4.79 Å². The van der Waals surface area contributed by atoms with E-state index in [1.54, 1.807) is 11.3 Å². The Morgan fingerprint density at radius 2 is 2.04 bits per heavy atom. The average molecular weight is 373 g/mol. The highest BCUT2D eigenvalue weighted by Crippen LogP contribution is 2.27. The van der Waals surface area contributed by atoms with E-state index in [1.807, 2.05) is 47.8 Å². The molecule has 3 rings (SSSR count). The minimum Gasteiger partial charge on any atom is -0.351 e. The molecule has 0 fully saturated rings. The second-order valence-electron chi connectivity index (χ2n) is 5.49. The van der Waals surface area contributed by atoms with Gasteiger partial charge in [0.15, 0.2) is 11.0 Å². The fourth-order valence-electron chi connectivity index (χ4n) is 2.39. The maximum absolute atomic E-state index is 12.1. The Morgan fingerprint density at radius 1 is 1.20 bits per heavy atom. The molecule has 0 unspecified atom stereocenters. The first-order chi connectivity index (χ1) is 12.3. The van der Waals surface area contributed by atoms with Crippen LogP contribution in [-0.4, -0.2) is 26.4 Å². The van der Waals surface area contributed by atoms with Gasteiger partial charge in [-0.15, -0.1) is 21.5 Å². The zero-order valence-corrected chi connectivity index (χ0v) is 15.6. The van der Waals surface area contributed by atoms with E-state index >= 15 is 0 Å². The Hall–Kier alpha value is -2.12. The van der Waals surface area contributed by atoms with Gasteiger partial charge in [0.25, 0.3) is 0 Å². The first kappa shape index (κ1) is 17.7. The molecule has 0 aliphatic heterocycles. The van der Waals surface area contributed by atoms with Crippen LogP contribution in [0.25, 0.3) is 10.7 Å². The summed E-state index contributed by atoms with van der Waals surface area (Å²) in [5.41, 5.74) is 1.09. The predicted octanol–water partition coefficient (Wildman–Crippen LogP) is 3.83. The number of rotatable bonds is 8. The van der Waals surface area contributed by atoms with Crippen molar-refractivity contribution in [1.29, 1.82) is 0 Å². The molecule has 130 valence electrons. The Morgan fingerprint density at radius 3 is 2.76 bits per heavy atom. The van der Waals surface area contributed by atoms with Gasteiger partial charge in [-0.1, -0.05) is 55.1 Å². The standard InChI is InChI=1S/C18H20N4OS2/c1-2-10-22-17(15-9-6-11-24-15)20-21-18(22)25-13-16(23)19-12-14-7-4-3-5-8-14/h3-9,11H,2,10,12-13H2,1H3,(H,19,23). The number of hydrogen-bond donors (Lipinski definition) is 1. The number of carbonyl (C=O) groups is 1. The summed E-state index contributed by atoms with van der Waals surface area (Å²) < 4.78 is 2.10. The van der Waals surface area contributed by atoms with Gasteiger partial charge in [-0.2, -0.15) is 0 Å². The number of nitrogens with zero attached hydrogens (tertiary/aromatic N) is 3. The van der Waals surface area contributed by atoms with Crippen molar-refractivity contribution in [1.82, 2.24) is 20.1 Å². The van der Waals surface area contributed by atoms with Crippen LogP contribution in [0.15, 0.2) is 53.0 Å². The van der Waals surface area contributed by atoms with Crippen LogP contribution in [0.1, 0.15) is 18.9 Å².